The molecule has 0 radical (unpaired) electrons. The van der Waals surface area contributed by atoms with Gasteiger partial charge in [-0.2, -0.15) is 0 Å². The topological polar surface area (TPSA) is 38.8 Å². The molecule has 144 valence electrons. The van der Waals surface area contributed by atoms with E-state index in [4.69, 9.17) is 21.1 Å². The van der Waals surface area contributed by atoms with E-state index in [-0.39, 0.29) is 11.9 Å². The maximum absolute atomic E-state index is 13.1. The summed E-state index contributed by atoms with van der Waals surface area (Å²) in [5.74, 6) is 1.57. The Morgan fingerprint density at radius 3 is 2.44 bits per heavy atom. The second-order valence-electron chi connectivity index (χ2n) is 6.91. The van der Waals surface area contributed by atoms with Gasteiger partial charge in [0.25, 0.3) is 0 Å². The number of hydrogen-bond donors (Lipinski definition) is 0. The largest absolute Gasteiger partial charge is 0.493 e. The van der Waals surface area contributed by atoms with E-state index in [1.807, 2.05) is 47.4 Å². The molecule has 0 N–H and O–H groups in total. The minimum Gasteiger partial charge on any atom is -0.493 e. The van der Waals surface area contributed by atoms with Gasteiger partial charge in [0.05, 0.1) is 20.3 Å². The number of nitrogens with zero attached hydrogens (tertiary/aromatic N) is 1. The molecule has 1 amide bonds. The van der Waals surface area contributed by atoms with E-state index < -0.39 is 0 Å². The molecule has 4 nitrogen and oxygen atoms in total. The van der Waals surface area contributed by atoms with Gasteiger partial charge in [-0.05, 0) is 55.5 Å². The van der Waals surface area contributed by atoms with Gasteiger partial charge in [0.15, 0.2) is 11.5 Å². The van der Waals surface area contributed by atoms with Crippen molar-refractivity contribution in [3.63, 3.8) is 0 Å². The average Bonchev–Trinajstić information content (AvgIpc) is 3.51. The van der Waals surface area contributed by atoms with Gasteiger partial charge in [0.1, 0.15) is 0 Å². The van der Waals surface area contributed by atoms with E-state index in [1.54, 1.807) is 14.2 Å². The zero-order valence-electron chi connectivity index (χ0n) is 16.1. The molecule has 5 heteroatoms. The lowest BCUT2D eigenvalue weighted by Crippen LogP contribution is -2.35. The summed E-state index contributed by atoms with van der Waals surface area (Å²) in [6.45, 7) is 2.09. The fraction of sp³-hybridized carbons (Fsp3) is 0.409. The lowest BCUT2D eigenvalue weighted by Gasteiger charge is -2.30. The summed E-state index contributed by atoms with van der Waals surface area (Å²) in [6.07, 6.45) is 3.21. The zero-order valence-corrected chi connectivity index (χ0v) is 16.8. The van der Waals surface area contributed by atoms with Crippen LogP contribution in [0.1, 0.15) is 43.4 Å². The molecule has 1 aliphatic carbocycles. The summed E-state index contributed by atoms with van der Waals surface area (Å²) in [7, 11) is 3.25. The maximum atomic E-state index is 13.1. The fourth-order valence-corrected chi connectivity index (χ4v) is 3.64. The molecule has 27 heavy (non-hydrogen) atoms. The quantitative estimate of drug-likeness (QED) is 0.636. The SMILES string of the molecule is COc1cccc(CCC(=O)N(C2CC2)C(C)c2ccc(Cl)cc2)c1OC. The van der Waals surface area contributed by atoms with Crippen LogP contribution in [0.3, 0.4) is 0 Å². The van der Waals surface area contributed by atoms with E-state index in [0.717, 1.165) is 24.0 Å². The van der Waals surface area contributed by atoms with Gasteiger partial charge in [-0.15, -0.1) is 0 Å². The molecule has 0 aromatic heterocycles. The van der Waals surface area contributed by atoms with Crippen LogP contribution in [0.4, 0.5) is 0 Å². The van der Waals surface area contributed by atoms with Gasteiger partial charge in [-0.1, -0.05) is 35.9 Å². The molecule has 2 aromatic carbocycles. The molecule has 1 atom stereocenters. The van der Waals surface area contributed by atoms with Crippen LogP contribution in [0, 0.1) is 0 Å². The Balaban J connectivity index is 1.72. The molecular formula is C22H26ClNO3. The predicted octanol–water partition coefficient (Wildman–Crippen LogP) is 5.04. The monoisotopic (exact) mass is 387 g/mol. The Hall–Kier alpha value is -2.20. The van der Waals surface area contributed by atoms with Gasteiger partial charge in [0, 0.05) is 17.5 Å². The van der Waals surface area contributed by atoms with Crippen molar-refractivity contribution in [2.75, 3.05) is 14.2 Å². The summed E-state index contributed by atoms with van der Waals surface area (Å²) in [4.78, 5) is 15.1. The lowest BCUT2D eigenvalue weighted by atomic mass is 10.0. The van der Waals surface area contributed by atoms with E-state index in [9.17, 15) is 4.79 Å². The van der Waals surface area contributed by atoms with Crippen LogP contribution in [0.25, 0.3) is 0 Å². The molecular weight excluding hydrogens is 362 g/mol. The first kappa shape index (κ1) is 19.6. The number of methoxy groups -OCH3 is 2. The smallest absolute Gasteiger partial charge is 0.223 e. The second-order valence-corrected chi connectivity index (χ2v) is 7.35. The molecule has 0 saturated heterocycles. The minimum absolute atomic E-state index is 0.0365. The Bertz CT molecular complexity index is 787. The number of hydrogen-bond acceptors (Lipinski definition) is 3. The van der Waals surface area contributed by atoms with Gasteiger partial charge in [0.2, 0.25) is 5.91 Å². The number of carbonyl (C=O) groups is 1. The van der Waals surface area contributed by atoms with Crippen molar-refractivity contribution < 1.29 is 14.3 Å². The number of halogens is 1. The van der Waals surface area contributed by atoms with Crippen LogP contribution in [0.2, 0.25) is 5.02 Å². The van der Waals surface area contributed by atoms with Crippen LogP contribution in [0.5, 0.6) is 11.5 Å². The molecule has 1 aliphatic rings. The first-order chi connectivity index (χ1) is 13.0. The standard InChI is InChI=1S/C22H26ClNO3/c1-15(16-7-10-18(23)11-8-16)24(19-12-13-19)21(25)14-9-17-5-4-6-20(26-2)22(17)27-3/h4-8,10-11,15,19H,9,12-14H2,1-3H3. The predicted molar refractivity (Wildman–Crippen MR) is 108 cm³/mol. The van der Waals surface area contributed by atoms with Crippen LogP contribution < -0.4 is 9.47 Å². The molecule has 1 unspecified atom stereocenters. The Kier molecular flexibility index (Phi) is 6.27. The number of amides is 1. The number of rotatable bonds is 8. The molecule has 0 heterocycles. The van der Waals surface area contributed by atoms with E-state index in [2.05, 4.69) is 6.92 Å². The van der Waals surface area contributed by atoms with Crippen molar-refractivity contribution in [2.45, 2.75) is 44.7 Å². The van der Waals surface area contributed by atoms with Gasteiger partial charge in [-0.3, -0.25) is 4.79 Å². The van der Waals surface area contributed by atoms with Crippen molar-refractivity contribution in [3.8, 4) is 11.5 Å². The van der Waals surface area contributed by atoms with E-state index >= 15 is 0 Å². The van der Waals surface area contributed by atoms with Crippen molar-refractivity contribution in [3.05, 3.63) is 58.6 Å². The van der Waals surface area contributed by atoms with Crippen molar-refractivity contribution in [2.24, 2.45) is 0 Å². The fourth-order valence-electron chi connectivity index (χ4n) is 3.51. The first-order valence-electron chi connectivity index (χ1n) is 9.31. The van der Waals surface area contributed by atoms with Crippen LogP contribution in [0.15, 0.2) is 42.5 Å². The molecule has 1 fully saturated rings. The Morgan fingerprint density at radius 1 is 1.15 bits per heavy atom. The average molecular weight is 388 g/mol. The highest BCUT2D eigenvalue weighted by Crippen LogP contribution is 2.36. The number of benzene rings is 2. The summed E-state index contributed by atoms with van der Waals surface area (Å²) in [6, 6.07) is 13.9. The molecule has 0 spiro atoms. The molecule has 0 bridgehead atoms. The van der Waals surface area contributed by atoms with E-state index in [1.165, 1.54) is 0 Å². The van der Waals surface area contributed by atoms with Gasteiger partial charge in [-0.25, -0.2) is 0 Å². The highest BCUT2D eigenvalue weighted by molar-refractivity contribution is 6.30. The van der Waals surface area contributed by atoms with Crippen molar-refractivity contribution in [1.29, 1.82) is 0 Å². The van der Waals surface area contributed by atoms with E-state index in [0.29, 0.717) is 35.4 Å². The van der Waals surface area contributed by atoms with Crippen LogP contribution >= 0.6 is 11.6 Å². The normalized spacial score (nSPS) is 14.5. The lowest BCUT2D eigenvalue weighted by molar-refractivity contribution is -0.134. The molecule has 3 rings (SSSR count). The number of ether oxygens (including phenoxy) is 2. The van der Waals surface area contributed by atoms with Gasteiger partial charge < -0.3 is 14.4 Å². The second kappa shape index (κ2) is 8.66. The highest BCUT2D eigenvalue weighted by Gasteiger charge is 2.36. The summed E-state index contributed by atoms with van der Waals surface area (Å²) in [5, 5.41) is 0.709. The maximum Gasteiger partial charge on any atom is 0.223 e. The summed E-state index contributed by atoms with van der Waals surface area (Å²) in [5.41, 5.74) is 2.10. The van der Waals surface area contributed by atoms with Crippen LogP contribution in [-0.4, -0.2) is 31.1 Å². The van der Waals surface area contributed by atoms with Crippen molar-refractivity contribution in [1.82, 2.24) is 4.90 Å². The highest BCUT2D eigenvalue weighted by atomic mass is 35.5. The number of carbonyl (C=O) groups excluding carboxylic acids is 1. The number of para-hydroxylation sites is 1. The van der Waals surface area contributed by atoms with Gasteiger partial charge >= 0.3 is 0 Å². The Morgan fingerprint density at radius 2 is 1.85 bits per heavy atom. The minimum atomic E-state index is 0.0365. The molecule has 2 aromatic rings. The van der Waals surface area contributed by atoms with Crippen LogP contribution in [-0.2, 0) is 11.2 Å². The summed E-state index contributed by atoms with van der Waals surface area (Å²) >= 11 is 6.00. The third-order valence-electron chi connectivity index (χ3n) is 5.09. The molecule has 1 saturated carbocycles. The molecule has 0 aliphatic heterocycles. The third kappa shape index (κ3) is 4.56. The third-order valence-corrected chi connectivity index (χ3v) is 5.34. The zero-order chi connectivity index (χ0) is 19.4. The van der Waals surface area contributed by atoms with Crippen molar-refractivity contribution >= 4 is 17.5 Å². The number of aryl methyl sites for hydroxylation is 1. The first-order valence-corrected chi connectivity index (χ1v) is 9.69. The Labute approximate surface area is 166 Å². The summed E-state index contributed by atoms with van der Waals surface area (Å²) < 4.78 is 10.8.